The predicted octanol–water partition coefficient (Wildman–Crippen LogP) is 3.73. The SMILES string of the molecule is CC1(C)CC(=O)C2=C(C1)Nc1ncnn1C2c1c(F)cccc1Cl. The molecule has 1 atom stereocenters. The van der Waals surface area contributed by atoms with E-state index < -0.39 is 11.9 Å². The van der Waals surface area contributed by atoms with Gasteiger partial charge >= 0.3 is 0 Å². The van der Waals surface area contributed by atoms with E-state index in [9.17, 15) is 9.18 Å². The number of carbonyl (C=O) groups is 1. The second-order valence-corrected chi connectivity index (χ2v) is 7.43. The van der Waals surface area contributed by atoms with Crippen LogP contribution in [0.3, 0.4) is 0 Å². The molecule has 1 unspecified atom stereocenters. The molecular formula is C17H16ClFN4O. The largest absolute Gasteiger partial charge is 0.328 e. The van der Waals surface area contributed by atoms with Gasteiger partial charge in [-0.1, -0.05) is 31.5 Å². The van der Waals surface area contributed by atoms with Crippen LogP contribution in [0.15, 0.2) is 35.8 Å². The number of fused-ring (bicyclic) bond motifs is 1. The Kier molecular flexibility index (Phi) is 3.28. The van der Waals surface area contributed by atoms with Crippen LogP contribution in [0, 0.1) is 11.2 Å². The molecule has 0 spiro atoms. The number of aromatic nitrogens is 3. The molecule has 0 radical (unpaired) electrons. The quantitative estimate of drug-likeness (QED) is 0.854. The van der Waals surface area contributed by atoms with Crippen LogP contribution < -0.4 is 5.32 Å². The van der Waals surface area contributed by atoms with E-state index in [0.717, 1.165) is 5.70 Å². The Morgan fingerprint density at radius 1 is 1.38 bits per heavy atom. The summed E-state index contributed by atoms with van der Waals surface area (Å²) in [6, 6.07) is 3.81. The number of nitrogens with one attached hydrogen (secondary N) is 1. The van der Waals surface area contributed by atoms with Gasteiger partial charge in [0.25, 0.3) is 0 Å². The van der Waals surface area contributed by atoms with Gasteiger partial charge < -0.3 is 5.32 Å². The van der Waals surface area contributed by atoms with Crippen molar-refractivity contribution in [2.75, 3.05) is 5.32 Å². The molecule has 0 bridgehead atoms. The highest BCUT2D eigenvalue weighted by molar-refractivity contribution is 6.31. The highest BCUT2D eigenvalue weighted by Crippen LogP contribution is 2.46. The van der Waals surface area contributed by atoms with Crippen LogP contribution >= 0.6 is 11.6 Å². The number of nitrogens with zero attached hydrogens (tertiary/aromatic N) is 3. The molecule has 0 fully saturated rings. The molecule has 5 nitrogen and oxygen atoms in total. The molecule has 1 N–H and O–H groups in total. The van der Waals surface area contributed by atoms with Crippen LogP contribution in [0.1, 0.15) is 38.3 Å². The molecule has 1 aliphatic carbocycles. The average Bonchev–Trinajstić information content (AvgIpc) is 2.92. The molecule has 2 heterocycles. The summed E-state index contributed by atoms with van der Waals surface area (Å²) in [5, 5.41) is 7.65. The molecule has 2 aliphatic rings. The van der Waals surface area contributed by atoms with E-state index in [1.54, 1.807) is 12.1 Å². The molecule has 1 aliphatic heterocycles. The summed E-state index contributed by atoms with van der Waals surface area (Å²) in [6.45, 7) is 4.08. The number of ketones is 1. The molecular weight excluding hydrogens is 331 g/mol. The smallest absolute Gasteiger partial charge is 0.226 e. The third-order valence-corrected chi connectivity index (χ3v) is 4.88. The van der Waals surface area contributed by atoms with E-state index in [4.69, 9.17) is 11.6 Å². The van der Waals surface area contributed by atoms with Crippen molar-refractivity contribution in [2.45, 2.75) is 32.7 Å². The van der Waals surface area contributed by atoms with Crippen molar-refractivity contribution in [2.24, 2.45) is 5.41 Å². The fraction of sp³-hybridized carbons (Fsp3) is 0.353. The minimum absolute atomic E-state index is 0.0146. The summed E-state index contributed by atoms with van der Waals surface area (Å²) in [5.74, 6) is 0.0168. The van der Waals surface area contributed by atoms with E-state index in [1.807, 2.05) is 13.8 Å². The Morgan fingerprint density at radius 3 is 2.92 bits per heavy atom. The van der Waals surface area contributed by atoms with Crippen LogP contribution in [0.25, 0.3) is 0 Å². The first kappa shape index (κ1) is 15.3. The molecule has 2 aromatic rings. The molecule has 4 rings (SSSR count). The fourth-order valence-corrected chi connectivity index (χ4v) is 3.85. The molecule has 24 heavy (non-hydrogen) atoms. The minimum Gasteiger partial charge on any atom is -0.328 e. The van der Waals surface area contributed by atoms with Gasteiger partial charge in [0, 0.05) is 28.3 Å². The summed E-state index contributed by atoms with van der Waals surface area (Å²) in [6.07, 6.45) is 2.47. The van der Waals surface area contributed by atoms with E-state index in [0.29, 0.717) is 24.4 Å². The number of rotatable bonds is 1. The van der Waals surface area contributed by atoms with Gasteiger partial charge in [-0.15, -0.1) is 0 Å². The van der Waals surface area contributed by atoms with Gasteiger partial charge in [0.15, 0.2) is 5.78 Å². The van der Waals surface area contributed by atoms with Crippen molar-refractivity contribution < 1.29 is 9.18 Å². The molecule has 0 amide bonds. The van der Waals surface area contributed by atoms with Gasteiger partial charge in [0.2, 0.25) is 5.95 Å². The fourth-order valence-electron chi connectivity index (χ4n) is 3.59. The first-order valence-corrected chi connectivity index (χ1v) is 8.12. The normalized spacial score (nSPS) is 22.0. The number of hydrogen-bond acceptors (Lipinski definition) is 4. The van der Waals surface area contributed by atoms with Crippen molar-refractivity contribution in [3.63, 3.8) is 0 Å². The lowest BCUT2D eigenvalue weighted by Gasteiger charge is -2.38. The van der Waals surface area contributed by atoms with Crippen molar-refractivity contribution in [1.82, 2.24) is 14.8 Å². The van der Waals surface area contributed by atoms with Gasteiger partial charge in [-0.05, 0) is 24.0 Å². The lowest BCUT2D eigenvalue weighted by atomic mass is 9.73. The number of anilines is 1. The summed E-state index contributed by atoms with van der Waals surface area (Å²) < 4.78 is 16.1. The molecule has 1 aromatic heterocycles. The number of halogens is 2. The number of hydrogen-bond donors (Lipinski definition) is 1. The third kappa shape index (κ3) is 2.24. The summed E-state index contributed by atoms with van der Waals surface area (Å²) >= 11 is 6.28. The van der Waals surface area contributed by atoms with E-state index in [-0.39, 0.29) is 21.8 Å². The molecule has 7 heteroatoms. The van der Waals surface area contributed by atoms with Crippen LogP contribution in [0.4, 0.5) is 10.3 Å². The standard InChI is InChI=1S/C17H16ClFN4O/c1-17(2)6-11-14(12(24)7-17)15(23-16(22-11)20-8-21-23)13-9(18)4-3-5-10(13)19/h3-5,8,15H,6-7H2,1-2H3,(H,20,21,22). The Labute approximate surface area is 143 Å². The second kappa shape index (κ2) is 5.14. The number of Topliss-reactive ketones (excluding diaryl/α,β-unsaturated/α-hetero) is 1. The minimum atomic E-state index is -0.698. The lowest BCUT2D eigenvalue weighted by Crippen LogP contribution is -2.37. The van der Waals surface area contributed by atoms with Gasteiger partial charge in [0.05, 0.1) is 0 Å². The molecule has 124 valence electrons. The van der Waals surface area contributed by atoms with Crippen LogP contribution in [0.5, 0.6) is 0 Å². The maximum atomic E-state index is 14.6. The predicted molar refractivity (Wildman–Crippen MR) is 88.2 cm³/mol. The number of carbonyl (C=O) groups excluding carboxylic acids is 1. The van der Waals surface area contributed by atoms with Gasteiger partial charge in [-0.3, -0.25) is 4.79 Å². The highest BCUT2D eigenvalue weighted by atomic mass is 35.5. The maximum absolute atomic E-state index is 14.6. The highest BCUT2D eigenvalue weighted by Gasteiger charge is 2.42. The summed E-state index contributed by atoms with van der Waals surface area (Å²) in [4.78, 5) is 17.0. The Balaban J connectivity index is 1.97. The number of benzene rings is 1. The number of allylic oxidation sites excluding steroid dienone is 2. The third-order valence-electron chi connectivity index (χ3n) is 4.55. The zero-order chi connectivity index (χ0) is 17.1. The molecule has 1 aromatic carbocycles. The van der Waals surface area contributed by atoms with Crippen molar-refractivity contribution in [3.8, 4) is 0 Å². The zero-order valence-electron chi connectivity index (χ0n) is 13.3. The first-order chi connectivity index (χ1) is 11.4. The maximum Gasteiger partial charge on any atom is 0.226 e. The Morgan fingerprint density at radius 2 is 2.17 bits per heavy atom. The average molecular weight is 347 g/mol. The summed E-state index contributed by atoms with van der Waals surface area (Å²) in [7, 11) is 0. The second-order valence-electron chi connectivity index (χ2n) is 7.02. The Hall–Kier alpha value is -2.21. The van der Waals surface area contributed by atoms with Crippen molar-refractivity contribution in [3.05, 3.63) is 52.2 Å². The molecule has 0 saturated carbocycles. The van der Waals surface area contributed by atoms with E-state index in [2.05, 4.69) is 15.4 Å². The zero-order valence-corrected chi connectivity index (χ0v) is 14.1. The van der Waals surface area contributed by atoms with Gasteiger partial charge in [-0.2, -0.15) is 10.1 Å². The monoisotopic (exact) mass is 346 g/mol. The lowest BCUT2D eigenvalue weighted by molar-refractivity contribution is -0.118. The molecule has 0 saturated heterocycles. The van der Waals surface area contributed by atoms with E-state index >= 15 is 0 Å². The summed E-state index contributed by atoms with van der Waals surface area (Å²) in [5.41, 5.74) is 1.41. The van der Waals surface area contributed by atoms with Crippen molar-refractivity contribution >= 4 is 23.3 Å². The van der Waals surface area contributed by atoms with Gasteiger partial charge in [-0.25, -0.2) is 9.07 Å². The van der Waals surface area contributed by atoms with E-state index in [1.165, 1.54) is 17.1 Å². The van der Waals surface area contributed by atoms with Crippen LogP contribution in [0.2, 0.25) is 5.02 Å². The first-order valence-electron chi connectivity index (χ1n) is 7.74. The van der Waals surface area contributed by atoms with Crippen LogP contribution in [-0.4, -0.2) is 20.5 Å². The van der Waals surface area contributed by atoms with Gasteiger partial charge in [0.1, 0.15) is 18.2 Å². The topological polar surface area (TPSA) is 59.8 Å². The van der Waals surface area contributed by atoms with Crippen LogP contribution in [-0.2, 0) is 4.79 Å². The Bertz CT molecular complexity index is 866. The van der Waals surface area contributed by atoms with Crippen molar-refractivity contribution in [1.29, 1.82) is 0 Å².